The van der Waals surface area contributed by atoms with E-state index in [1.165, 1.54) is 38.0 Å². The summed E-state index contributed by atoms with van der Waals surface area (Å²) in [5, 5.41) is 0. The summed E-state index contributed by atoms with van der Waals surface area (Å²) in [7, 11) is 0. The van der Waals surface area contributed by atoms with Crippen molar-refractivity contribution in [2.75, 3.05) is 13.1 Å². The van der Waals surface area contributed by atoms with E-state index in [0.29, 0.717) is 6.04 Å². The highest BCUT2D eigenvalue weighted by atomic mass is 15.2. The lowest BCUT2D eigenvalue weighted by Crippen LogP contribution is -2.34. The molecule has 0 saturated carbocycles. The van der Waals surface area contributed by atoms with E-state index in [2.05, 4.69) is 36.0 Å². The van der Waals surface area contributed by atoms with Crippen LogP contribution in [0.2, 0.25) is 0 Å². The zero-order valence-corrected chi connectivity index (χ0v) is 9.21. The molecule has 1 atom stereocenters. The molecular weight excluding hydrogens is 172 g/mol. The topological polar surface area (TPSA) is 19.0 Å². The first-order valence-electron chi connectivity index (χ1n) is 5.77. The molecular formula is C12H20N2. The smallest absolute Gasteiger partial charge is 0.0365 e. The Labute approximate surface area is 86.3 Å². The van der Waals surface area contributed by atoms with Crippen molar-refractivity contribution >= 4 is 0 Å². The van der Waals surface area contributed by atoms with Crippen molar-refractivity contribution in [1.82, 2.24) is 9.88 Å². The zero-order chi connectivity index (χ0) is 9.97. The first-order chi connectivity index (χ1) is 6.86. The lowest BCUT2D eigenvalue weighted by Gasteiger charge is -2.35. The fraction of sp³-hybridized carbons (Fsp3) is 0.667. The van der Waals surface area contributed by atoms with E-state index < -0.39 is 0 Å². The van der Waals surface area contributed by atoms with Crippen LogP contribution in [0.1, 0.15) is 44.0 Å². The molecule has 2 rings (SSSR count). The Kier molecular flexibility index (Phi) is 2.92. The Morgan fingerprint density at radius 1 is 1.50 bits per heavy atom. The number of rotatable bonds is 3. The normalized spacial score (nSPS) is 22.3. The fourth-order valence-corrected chi connectivity index (χ4v) is 2.54. The van der Waals surface area contributed by atoms with E-state index in [1.54, 1.807) is 5.56 Å². The Balaban J connectivity index is 2.23. The zero-order valence-electron chi connectivity index (χ0n) is 9.21. The van der Waals surface area contributed by atoms with Crippen LogP contribution in [0, 0.1) is 0 Å². The van der Waals surface area contributed by atoms with Gasteiger partial charge in [0.1, 0.15) is 0 Å². The van der Waals surface area contributed by atoms with Gasteiger partial charge < -0.3 is 4.98 Å². The minimum atomic E-state index is 0.667. The van der Waals surface area contributed by atoms with E-state index in [4.69, 9.17) is 0 Å². The number of hydrogen-bond acceptors (Lipinski definition) is 1. The van der Waals surface area contributed by atoms with Gasteiger partial charge in [0.2, 0.25) is 0 Å². The molecule has 1 aliphatic heterocycles. The quantitative estimate of drug-likeness (QED) is 0.780. The third-order valence-corrected chi connectivity index (χ3v) is 3.29. The van der Waals surface area contributed by atoms with Gasteiger partial charge in [0.15, 0.2) is 0 Å². The molecule has 1 N–H and O–H groups in total. The van der Waals surface area contributed by atoms with Crippen molar-refractivity contribution < 1.29 is 0 Å². The van der Waals surface area contributed by atoms with Crippen LogP contribution in [0.25, 0.3) is 0 Å². The second-order valence-electron chi connectivity index (χ2n) is 4.09. The summed E-state index contributed by atoms with van der Waals surface area (Å²) in [6.07, 6.45) is 5.84. The molecule has 0 amide bonds. The SMILES string of the molecule is CCC[C@H]1c2cc[nH]c2CCN1CC. The number of likely N-dealkylation sites (N-methyl/N-ethyl adjacent to an activating group) is 1. The van der Waals surface area contributed by atoms with Crippen molar-refractivity contribution in [3.05, 3.63) is 23.5 Å². The van der Waals surface area contributed by atoms with Gasteiger partial charge in [0.25, 0.3) is 0 Å². The molecule has 2 nitrogen and oxygen atoms in total. The van der Waals surface area contributed by atoms with Gasteiger partial charge >= 0.3 is 0 Å². The van der Waals surface area contributed by atoms with Crippen LogP contribution < -0.4 is 0 Å². The molecule has 1 aliphatic rings. The van der Waals surface area contributed by atoms with E-state index in [0.717, 1.165) is 0 Å². The summed E-state index contributed by atoms with van der Waals surface area (Å²) in [5.74, 6) is 0. The fourth-order valence-electron chi connectivity index (χ4n) is 2.54. The van der Waals surface area contributed by atoms with Crippen molar-refractivity contribution in [2.45, 2.75) is 39.2 Å². The molecule has 1 aromatic rings. The maximum atomic E-state index is 3.36. The number of H-pyrrole nitrogens is 1. The van der Waals surface area contributed by atoms with Crippen LogP contribution in [0.5, 0.6) is 0 Å². The number of hydrogen-bond donors (Lipinski definition) is 1. The Morgan fingerprint density at radius 3 is 3.07 bits per heavy atom. The highest BCUT2D eigenvalue weighted by molar-refractivity contribution is 5.27. The van der Waals surface area contributed by atoms with Gasteiger partial charge in [0, 0.05) is 30.9 Å². The monoisotopic (exact) mass is 192 g/mol. The van der Waals surface area contributed by atoms with Gasteiger partial charge in [-0.25, -0.2) is 0 Å². The third-order valence-electron chi connectivity index (χ3n) is 3.29. The molecule has 0 saturated heterocycles. The summed E-state index contributed by atoms with van der Waals surface area (Å²) < 4.78 is 0. The Hall–Kier alpha value is -0.760. The average molecular weight is 192 g/mol. The maximum absolute atomic E-state index is 3.36. The summed E-state index contributed by atoms with van der Waals surface area (Å²) in [6.45, 7) is 6.93. The Morgan fingerprint density at radius 2 is 2.36 bits per heavy atom. The van der Waals surface area contributed by atoms with Crippen molar-refractivity contribution in [3.8, 4) is 0 Å². The molecule has 1 aromatic heterocycles. The van der Waals surface area contributed by atoms with E-state index in [-0.39, 0.29) is 0 Å². The molecule has 14 heavy (non-hydrogen) atoms. The van der Waals surface area contributed by atoms with Crippen LogP contribution in [0.4, 0.5) is 0 Å². The van der Waals surface area contributed by atoms with Crippen molar-refractivity contribution in [2.24, 2.45) is 0 Å². The van der Waals surface area contributed by atoms with Gasteiger partial charge in [-0.15, -0.1) is 0 Å². The number of nitrogens with zero attached hydrogens (tertiary/aromatic N) is 1. The largest absolute Gasteiger partial charge is 0.365 e. The van der Waals surface area contributed by atoms with Gasteiger partial charge in [0.05, 0.1) is 0 Å². The number of aromatic nitrogens is 1. The molecule has 0 aliphatic carbocycles. The van der Waals surface area contributed by atoms with Gasteiger partial charge in [-0.1, -0.05) is 20.3 Å². The van der Waals surface area contributed by atoms with Crippen LogP contribution >= 0.6 is 0 Å². The van der Waals surface area contributed by atoms with Gasteiger partial charge in [-0.3, -0.25) is 4.90 Å². The predicted octanol–water partition coefficient (Wildman–Crippen LogP) is 2.73. The van der Waals surface area contributed by atoms with E-state index >= 15 is 0 Å². The number of fused-ring (bicyclic) bond motifs is 1. The first-order valence-corrected chi connectivity index (χ1v) is 5.77. The van der Waals surface area contributed by atoms with Crippen molar-refractivity contribution in [3.63, 3.8) is 0 Å². The lowest BCUT2D eigenvalue weighted by atomic mass is 9.95. The second-order valence-corrected chi connectivity index (χ2v) is 4.09. The molecule has 0 fully saturated rings. The third kappa shape index (κ3) is 1.59. The molecule has 0 bridgehead atoms. The van der Waals surface area contributed by atoms with Gasteiger partial charge in [-0.05, 0) is 24.6 Å². The van der Waals surface area contributed by atoms with Crippen molar-refractivity contribution in [1.29, 1.82) is 0 Å². The molecule has 0 radical (unpaired) electrons. The number of aromatic amines is 1. The second kappa shape index (κ2) is 4.18. The molecule has 0 unspecified atom stereocenters. The molecule has 2 heterocycles. The van der Waals surface area contributed by atoms with E-state index in [9.17, 15) is 0 Å². The average Bonchev–Trinajstić information content (AvgIpc) is 2.67. The number of nitrogens with one attached hydrogen (secondary N) is 1. The highest BCUT2D eigenvalue weighted by Gasteiger charge is 2.25. The standard InChI is InChI=1S/C12H20N2/c1-3-5-12-10-6-8-13-11(10)7-9-14(12)4-2/h6,8,12-13H,3-5,7,9H2,1-2H3/t12-/m0/s1. The predicted molar refractivity (Wildman–Crippen MR) is 59.4 cm³/mol. The molecule has 78 valence electrons. The summed E-state index contributed by atoms with van der Waals surface area (Å²) in [6, 6.07) is 2.93. The molecule has 0 aromatic carbocycles. The van der Waals surface area contributed by atoms with E-state index in [1.807, 2.05) is 0 Å². The first kappa shape index (κ1) is 9.78. The summed E-state index contributed by atoms with van der Waals surface area (Å²) in [4.78, 5) is 5.96. The highest BCUT2D eigenvalue weighted by Crippen LogP contribution is 2.31. The maximum Gasteiger partial charge on any atom is 0.0365 e. The minimum Gasteiger partial charge on any atom is -0.365 e. The van der Waals surface area contributed by atoms with Gasteiger partial charge in [-0.2, -0.15) is 0 Å². The Bertz CT molecular complexity index is 290. The van der Waals surface area contributed by atoms with Crippen LogP contribution in [0.15, 0.2) is 12.3 Å². The lowest BCUT2D eigenvalue weighted by molar-refractivity contribution is 0.184. The molecule has 0 spiro atoms. The van der Waals surface area contributed by atoms with Crippen LogP contribution in [0.3, 0.4) is 0 Å². The summed E-state index contributed by atoms with van der Waals surface area (Å²) in [5.41, 5.74) is 3.01. The summed E-state index contributed by atoms with van der Waals surface area (Å²) >= 11 is 0. The van der Waals surface area contributed by atoms with Crippen LogP contribution in [-0.4, -0.2) is 23.0 Å². The minimum absolute atomic E-state index is 0.667. The van der Waals surface area contributed by atoms with Crippen LogP contribution in [-0.2, 0) is 6.42 Å². The molecule has 2 heteroatoms.